The van der Waals surface area contributed by atoms with E-state index >= 15 is 0 Å². The highest BCUT2D eigenvalue weighted by Gasteiger charge is 2.32. The first-order valence-corrected chi connectivity index (χ1v) is 12.4. The molecule has 0 aliphatic carbocycles. The molecule has 1 saturated heterocycles. The summed E-state index contributed by atoms with van der Waals surface area (Å²) in [5.74, 6) is -0.294. The van der Waals surface area contributed by atoms with Gasteiger partial charge >= 0.3 is 0 Å². The van der Waals surface area contributed by atoms with Crippen molar-refractivity contribution in [2.24, 2.45) is 5.73 Å². The van der Waals surface area contributed by atoms with Crippen molar-refractivity contribution in [1.82, 2.24) is 14.5 Å². The first kappa shape index (κ1) is 23.4. The summed E-state index contributed by atoms with van der Waals surface area (Å²) in [4.78, 5) is 29.7. The Morgan fingerprint density at radius 1 is 1.16 bits per heavy atom. The SMILES string of the molecule is CCN1C(=O)c2cccc(c2)S(=O)(=O)NC/C=C\CCCC(N)C(=O)N2CCCC1C2. The molecule has 31 heavy (non-hydrogen) atoms. The van der Waals surface area contributed by atoms with Gasteiger partial charge in [-0.3, -0.25) is 9.59 Å². The maximum absolute atomic E-state index is 13.3. The van der Waals surface area contributed by atoms with Gasteiger partial charge in [-0.2, -0.15) is 0 Å². The molecular formula is C22H32N4O4S. The smallest absolute Gasteiger partial charge is 0.254 e. The maximum atomic E-state index is 13.3. The Hall–Kier alpha value is -2.23. The van der Waals surface area contributed by atoms with Crippen molar-refractivity contribution >= 4 is 21.8 Å². The van der Waals surface area contributed by atoms with Crippen molar-refractivity contribution in [3.05, 3.63) is 42.0 Å². The quantitative estimate of drug-likeness (QED) is 0.632. The van der Waals surface area contributed by atoms with Gasteiger partial charge in [-0.15, -0.1) is 0 Å². The maximum Gasteiger partial charge on any atom is 0.254 e. The number of allylic oxidation sites excluding steroid dienone is 1. The second kappa shape index (κ2) is 10.4. The molecule has 1 aromatic carbocycles. The molecule has 2 unspecified atom stereocenters. The Morgan fingerprint density at radius 2 is 1.97 bits per heavy atom. The molecule has 1 fully saturated rings. The summed E-state index contributed by atoms with van der Waals surface area (Å²) >= 11 is 0. The van der Waals surface area contributed by atoms with Gasteiger partial charge in [0.15, 0.2) is 0 Å². The molecule has 2 aliphatic heterocycles. The lowest BCUT2D eigenvalue weighted by molar-refractivity contribution is -0.134. The van der Waals surface area contributed by atoms with E-state index in [2.05, 4.69) is 4.72 Å². The standard InChI is InChI=1S/C22H32N4O4S/c1-2-26-18-10-8-14-25(16-18)22(28)20(23)12-5-3-4-6-13-24-31(29,30)19-11-7-9-17(15-19)21(26)27/h4,6-7,9,11,15,18,20,24H,2-3,5,8,10,12-14,16,23H2,1H3/b6-4-. The molecular weight excluding hydrogens is 416 g/mol. The number of carbonyl (C=O) groups excluding carboxylic acids is 2. The van der Waals surface area contributed by atoms with Crippen LogP contribution in [0.3, 0.4) is 0 Å². The number of rotatable bonds is 1. The van der Waals surface area contributed by atoms with Gasteiger partial charge in [-0.1, -0.05) is 18.2 Å². The van der Waals surface area contributed by atoms with Crippen molar-refractivity contribution in [3.63, 3.8) is 0 Å². The van der Waals surface area contributed by atoms with E-state index in [-0.39, 0.29) is 29.3 Å². The molecule has 1 aromatic rings. The number of likely N-dealkylation sites (N-methyl/N-ethyl adjacent to an activating group) is 1. The van der Waals surface area contributed by atoms with E-state index in [9.17, 15) is 18.0 Å². The van der Waals surface area contributed by atoms with E-state index in [1.807, 2.05) is 13.0 Å². The van der Waals surface area contributed by atoms with Gasteiger partial charge in [0.1, 0.15) is 0 Å². The summed E-state index contributed by atoms with van der Waals surface area (Å²) in [5, 5.41) is 0. The van der Waals surface area contributed by atoms with Gasteiger partial charge in [0.25, 0.3) is 5.91 Å². The molecule has 2 amide bonds. The molecule has 8 nitrogen and oxygen atoms in total. The van der Waals surface area contributed by atoms with Crippen LogP contribution in [0, 0.1) is 0 Å². The lowest BCUT2D eigenvalue weighted by Crippen LogP contribution is -2.54. The first-order valence-electron chi connectivity index (χ1n) is 10.9. The summed E-state index contributed by atoms with van der Waals surface area (Å²) in [5.41, 5.74) is 6.47. The highest BCUT2D eigenvalue weighted by Crippen LogP contribution is 2.21. The highest BCUT2D eigenvalue weighted by molar-refractivity contribution is 7.89. The van der Waals surface area contributed by atoms with Crippen molar-refractivity contribution in [3.8, 4) is 0 Å². The Kier molecular flexibility index (Phi) is 7.85. The number of sulfonamides is 1. The predicted molar refractivity (Wildman–Crippen MR) is 119 cm³/mol. The number of hydrogen-bond acceptors (Lipinski definition) is 5. The van der Waals surface area contributed by atoms with Crippen LogP contribution in [0.2, 0.25) is 0 Å². The van der Waals surface area contributed by atoms with Gasteiger partial charge in [-0.05, 0) is 57.2 Å². The molecule has 0 saturated carbocycles. The molecule has 4 bridgehead atoms. The molecule has 2 heterocycles. The molecule has 9 heteroatoms. The van der Waals surface area contributed by atoms with E-state index in [4.69, 9.17) is 5.73 Å². The molecule has 0 radical (unpaired) electrons. The third kappa shape index (κ3) is 5.72. The number of benzene rings is 1. The number of amides is 2. The van der Waals surface area contributed by atoms with Crippen LogP contribution in [0.1, 0.15) is 49.4 Å². The van der Waals surface area contributed by atoms with Gasteiger partial charge in [-0.25, -0.2) is 13.1 Å². The van der Waals surface area contributed by atoms with Crippen LogP contribution in [0.15, 0.2) is 41.3 Å². The third-order valence-corrected chi connectivity index (χ3v) is 7.32. The van der Waals surface area contributed by atoms with Gasteiger partial charge in [0.05, 0.1) is 10.9 Å². The molecule has 3 N–H and O–H groups in total. The van der Waals surface area contributed by atoms with E-state index < -0.39 is 16.1 Å². The third-order valence-electron chi connectivity index (χ3n) is 5.90. The average Bonchev–Trinajstić information content (AvgIpc) is 2.78. The van der Waals surface area contributed by atoms with E-state index in [0.717, 1.165) is 25.7 Å². The lowest BCUT2D eigenvalue weighted by atomic mass is 10.0. The summed E-state index contributed by atoms with van der Waals surface area (Å²) < 4.78 is 27.8. The number of nitrogens with two attached hydrogens (primary N) is 1. The fraction of sp³-hybridized carbons (Fsp3) is 0.545. The van der Waals surface area contributed by atoms with Crippen LogP contribution in [0.25, 0.3) is 0 Å². The predicted octanol–water partition coefficient (Wildman–Crippen LogP) is 1.49. The topological polar surface area (TPSA) is 113 Å². The fourth-order valence-corrected chi connectivity index (χ4v) is 5.22. The zero-order chi connectivity index (χ0) is 22.4. The molecule has 3 rings (SSSR count). The van der Waals surface area contributed by atoms with E-state index in [1.165, 1.54) is 12.1 Å². The first-order chi connectivity index (χ1) is 14.8. The monoisotopic (exact) mass is 448 g/mol. The summed E-state index contributed by atoms with van der Waals surface area (Å²) in [7, 11) is -3.72. The largest absolute Gasteiger partial charge is 0.339 e. The Bertz CT molecular complexity index is 931. The molecule has 0 spiro atoms. The summed E-state index contributed by atoms with van der Waals surface area (Å²) in [6.45, 7) is 3.62. The van der Waals surface area contributed by atoms with Crippen LogP contribution in [-0.2, 0) is 14.8 Å². The normalized spacial score (nSPS) is 26.8. The van der Waals surface area contributed by atoms with E-state index in [0.29, 0.717) is 31.6 Å². The molecule has 2 atom stereocenters. The fourth-order valence-electron chi connectivity index (χ4n) is 4.19. The van der Waals surface area contributed by atoms with Crippen LogP contribution in [0.5, 0.6) is 0 Å². The van der Waals surface area contributed by atoms with Crippen molar-refractivity contribution in [2.45, 2.75) is 56.0 Å². The van der Waals surface area contributed by atoms with Crippen LogP contribution in [0.4, 0.5) is 0 Å². The zero-order valence-electron chi connectivity index (χ0n) is 18.0. The second-order valence-corrected chi connectivity index (χ2v) is 9.83. The lowest BCUT2D eigenvalue weighted by Gasteiger charge is -2.40. The summed E-state index contributed by atoms with van der Waals surface area (Å²) in [6.07, 6.45) is 7.26. The minimum atomic E-state index is -3.72. The van der Waals surface area contributed by atoms with Crippen LogP contribution < -0.4 is 10.5 Å². The highest BCUT2D eigenvalue weighted by atomic mass is 32.2. The van der Waals surface area contributed by atoms with Crippen LogP contribution >= 0.6 is 0 Å². The van der Waals surface area contributed by atoms with Crippen LogP contribution in [-0.4, -0.2) is 68.3 Å². The number of fused-ring (bicyclic) bond motifs is 4. The minimum Gasteiger partial charge on any atom is -0.339 e. The summed E-state index contributed by atoms with van der Waals surface area (Å²) in [6, 6.07) is 5.43. The Morgan fingerprint density at radius 3 is 2.74 bits per heavy atom. The number of hydrogen-bond donors (Lipinski definition) is 2. The van der Waals surface area contributed by atoms with Gasteiger partial charge < -0.3 is 15.5 Å². The number of piperidine rings is 1. The molecule has 170 valence electrons. The minimum absolute atomic E-state index is 0.0620. The van der Waals surface area contributed by atoms with Gasteiger partial charge in [0.2, 0.25) is 15.9 Å². The van der Waals surface area contributed by atoms with Crippen molar-refractivity contribution in [1.29, 1.82) is 0 Å². The van der Waals surface area contributed by atoms with Crippen molar-refractivity contribution < 1.29 is 18.0 Å². The Balaban J connectivity index is 1.92. The van der Waals surface area contributed by atoms with Gasteiger partial charge in [0, 0.05) is 37.8 Å². The Labute approximate surface area is 184 Å². The molecule has 0 aromatic heterocycles. The number of carbonyl (C=O) groups is 2. The molecule has 2 aliphatic rings. The second-order valence-electron chi connectivity index (χ2n) is 8.06. The average molecular weight is 449 g/mol. The van der Waals surface area contributed by atoms with E-state index in [1.54, 1.807) is 28.0 Å². The number of nitrogens with one attached hydrogen (secondary N) is 1. The number of nitrogens with zero attached hydrogens (tertiary/aromatic N) is 2. The zero-order valence-corrected chi connectivity index (χ0v) is 18.8. The van der Waals surface area contributed by atoms with Crippen molar-refractivity contribution in [2.75, 3.05) is 26.2 Å².